The smallest absolute Gasteiger partial charge is 0.269 e. The van der Waals surface area contributed by atoms with E-state index in [1.807, 2.05) is 0 Å². The molecule has 2 aromatic rings. The molecule has 138 valence electrons. The van der Waals surface area contributed by atoms with Gasteiger partial charge in [-0.2, -0.15) is 0 Å². The first-order valence-electron chi connectivity index (χ1n) is 7.64. The van der Waals surface area contributed by atoms with Gasteiger partial charge in [0.05, 0.1) is 11.3 Å². The van der Waals surface area contributed by atoms with E-state index >= 15 is 0 Å². The van der Waals surface area contributed by atoms with Gasteiger partial charge in [0.25, 0.3) is 5.56 Å². The summed E-state index contributed by atoms with van der Waals surface area (Å²) in [6, 6.07) is 2.04. The Kier molecular flexibility index (Phi) is 5.92. The maximum Gasteiger partial charge on any atom is 0.269 e. The molecule has 4 nitrogen and oxygen atoms in total. The molecular formula is C18H16ClF3N2O2. The molecule has 1 heterocycles. The Morgan fingerprint density at radius 1 is 1.19 bits per heavy atom. The van der Waals surface area contributed by atoms with Crippen LogP contribution in [0.2, 0.25) is 5.02 Å². The second-order valence-electron chi connectivity index (χ2n) is 5.69. The van der Waals surface area contributed by atoms with E-state index in [9.17, 15) is 22.8 Å². The van der Waals surface area contributed by atoms with Crippen LogP contribution in [0.1, 0.15) is 17.3 Å². The van der Waals surface area contributed by atoms with Crippen LogP contribution in [-0.4, -0.2) is 29.3 Å². The highest BCUT2D eigenvalue weighted by Crippen LogP contribution is 2.31. The molecule has 0 radical (unpaired) electrons. The van der Waals surface area contributed by atoms with Gasteiger partial charge in [-0.25, -0.2) is 13.2 Å². The minimum atomic E-state index is -1.22. The van der Waals surface area contributed by atoms with E-state index in [2.05, 4.69) is 0 Å². The molecule has 0 unspecified atom stereocenters. The second kappa shape index (κ2) is 7.78. The predicted octanol–water partition coefficient (Wildman–Crippen LogP) is 3.86. The zero-order valence-corrected chi connectivity index (χ0v) is 15.1. The van der Waals surface area contributed by atoms with Crippen molar-refractivity contribution in [3.05, 3.63) is 68.9 Å². The van der Waals surface area contributed by atoms with Crippen molar-refractivity contribution in [2.24, 2.45) is 0 Å². The highest BCUT2D eigenvalue weighted by molar-refractivity contribution is 6.31. The van der Waals surface area contributed by atoms with E-state index in [1.54, 1.807) is 25.9 Å². The van der Waals surface area contributed by atoms with Gasteiger partial charge in [0.2, 0.25) is 0 Å². The quantitative estimate of drug-likeness (QED) is 0.580. The Morgan fingerprint density at radius 3 is 2.27 bits per heavy atom. The van der Waals surface area contributed by atoms with Crippen LogP contribution in [0.3, 0.4) is 0 Å². The molecule has 0 aliphatic carbocycles. The van der Waals surface area contributed by atoms with Gasteiger partial charge < -0.3 is 9.47 Å². The normalized spacial score (nSPS) is 11.2. The first-order chi connectivity index (χ1) is 12.2. The molecular weight excluding hydrogens is 369 g/mol. The Bertz CT molecular complexity index is 929. The van der Waals surface area contributed by atoms with Crippen LogP contribution >= 0.6 is 11.6 Å². The molecule has 1 aromatic heterocycles. The van der Waals surface area contributed by atoms with Gasteiger partial charge in [-0.05, 0) is 13.0 Å². The molecule has 0 N–H and O–H groups in total. The minimum absolute atomic E-state index is 0.00264. The summed E-state index contributed by atoms with van der Waals surface area (Å²) in [5.74, 6) is -4.17. The number of benzene rings is 1. The van der Waals surface area contributed by atoms with Crippen molar-refractivity contribution < 1.29 is 18.0 Å². The topological polar surface area (TPSA) is 42.3 Å². The van der Waals surface area contributed by atoms with Crippen molar-refractivity contribution in [2.45, 2.75) is 13.5 Å². The van der Waals surface area contributed by atoms with Gasteiger partial charge in [-0.3, -0.25) is 9.59 Å². The fourth-order valence-corrected chi connectivity index (χ4v) is 2.68. The summed E-state index contributed by atoms with van der Waals surface area (Å²) >= 11 is 5.90. The van der Waals surface area contributed by atoms with E-state index in [0.29, 0.717) is 12.1 Å². The van der Waals surface area contributed by atoms with Crippen molar-refractivity contribution in [2.75, 3.05) is 14.1 Å². The number of pyridine rings is 1. The Morgan fingerprint density at radius 2 is 1.77 bits per heavy atom. The SMILES string of the molecule is CCn1c(-c2c(F)cc(F)cc2F)c(C(=O)C=CN(C)C)cc(Cl)c1=O. The predicted molar refractivity (Wildman–Crippen MR) is 93.9 cm³/mol. The molecule has 1 aromatic carbocycles. The van der Waals surface area contributed by atoms with Gasteiger partial charge in [0.15, 0.2) is 5.78 Å². The summed E-state index contributed by atoms with van der Waals surface area (Å²) in [6.45, 7) is 1.56. The zero-order valence-electron chi connectivity index (χ0n) is 14.3. The summed E-state index contributed by atoms with van der Waals surface area (Å²) in [6.07, 6.45) is 2.62. The van der Waals surface area contributed by atoms with Crippen molar-refractivity contribution in [1.29, 1.82) is 0 Å². The zero-order chi connectivity index (χ0) is 19.6. The number of nitrogens with zero attached hydrogens (tertiary/aromatic N) is 2. The first-order valence-corrected chi connectivity index (χ1v) is 8.02. The summed E-state index contributed by atoms with van der Waals surface area (Å²) in [5, 5.41) is -0.264. The maximum absolute atomic E-state index is 14.3. The summed E-state index contributed by atoms with van der Waals surface area (Å²) in [4.78, 5) is 26.4. The molecule has 0 aliphatic rings. The van der Waals surface area contributed by atoms with E-state index < -0.39 is 34.4 Å². The minimum Gasteiger partial charge on any atom is -0.383 e. The molecule has 0 spiro atoms. The van der Waals surface area contributed by atoms with E-state index in [1.165, 1.54) is 12.3 Å². The number of aromatic nitrogens is 1. The molecule has 0 bridgehead atoms. The van der Waals surface area contributed by atoms with Gasteiger partial charge in [0.1, 0.15) is 22.5 Å². The Labute approximate surface area is 153 Å². The summed E-state index contributed by atoms with van der Waals surface area (Å²) in [5.41, 5.74) is -1.83. The van der Waals surface area contributed by atoms with Crippen LogP contribution in [0, 0.1) is 17.5 Å². The lowest BCUT2D eigenvalue weighted by atomic mass is 10.0. The number of halogens is 4. The number of hydrogen-bond acceptors (Lipinski definition) is 3. The summed E-state index contributed by atoms with van der Waals surface area (Å²) < 4.78 is 42.9. The Hall–Kier alpha value is -2.54. The van der Waals surface area contributed by atoms with E-state index in [0.717, 1.165) is 10.6 Å². The standard InChI is InChI=1S/C18H16ClF3N2O2/c1-4-24-17(16-13(21)7-10(20)8-14(16)22)11(9-12(19)18(24)26)15(25)5-6-23(2)3/h5-9H,4H2,1-3H3. The van der Waals surface area contributed by atoms with Crippen LogP contribution in [0.5, 0.6) is 0 Å². The average molecular weight is 385 g/mol. The fourth-order valence-electron chi connectivity index (χ4n) is 2.47. The van der Waals surface area contributed by atoms with Gasteiger partial charge in [-0.1, -0.05) is 11.6 Å². The van der Waals surface area contributed by atoms with Crippen LogP contribution in [0.25, 0.3) is 11.3 Å². The summed E-state index contributed by atoms with van der Waals surface area (Å²) in [7, 11) is 3.37. The maximum atomic E-state index is 14.3. The highest BCUT2D eigenvalue weighted by Gasteiger charge is 2.24. The van der Waals surface area contributed by atoms with Crippen LogP contribution in [0.15, 0.2) is 35.3 Å². The second-order valence-corrected chi connectivity index (χ2v) is 6.10. The average Bonchev–Trinajstić information content (AvgIpc) is 2.54. The molecule has 0 saturated heterocycles. The first kappa shape index (κ1) is 19.8. The number of rotatable bonds is 5. The van der Waals surface area contributed by atoms with Crippen molar-refractivity contribution in [3.8, 4) is 11.3 Å². The lowest BCUT2D eigenvalue weighted by Crippen LogP contribution is -2.25. The number of ketones is 1. The largest absolute Gasteiger partial charge is 0.383 e. The molecule has 0 amide bonds. The molecule has 0 aliphatic heterocycles. The van der Waals surface area contributed by atoms with Crippen LogP contribution < -0.4 is 5.56 Å². The third kappa shape index (κ3) is 3.83. The third-order valence-electron chi connectivity index (χ3n) is 3.59. The third-order valence-corrected chi connectivity index (χ3v) is 3.87. The van der Waals surface area contributed by atoms with Crippen LogP contribution in [-0.2, 0) is 6.54 Å². The monoisotopic (exact) mass is 384 g/mol. The molecule has 26 heavy (non-hydrogen) atoms. The fraction of sp³-hybridized carbons (Fsp3) is 0.222. The van der Waals surface area contributed by atoms with Crippen molar-refractivity contribution >= 4 is 17.4 Å². The molecule has 0 saturated carbocycles. The number of hydrogen-bond donors (Lipinski definition) is 0. The van der Waals surface area contributed by atoms with Crippen molar-refractivity contribution in [3.63, 3.8) is 0 Å². The lowest BCUT2D eigenvalue weighted by molar-refractivity contribution is 0.104. The van der Waals surface area contributed by atoms with Crippen molar-refractivity contribution in [1.82, 2.24) is 9.47 Å². The molecule has 0 atom stereocenters. The highest BCUT2D eigenvalue weighted by atomic mass is 35.5. The molecule has 0 fully saturated rings. The van der Waals surface area contributed by atoms with E-state index in [-0.39, 0.29) is 22.8 Å². The number of allylic oxidation sites excluding steroid dienone is 1. The molecule has 8 heteroatoms. The van der Waals surface area contributed by atoms with Crippen LogP contribution in [0.4, 0.5) is 13.2 Å². The molecule has 2 rings (SSSR count). The van der Waals surface area contributed by atoms with Gasteiger partial charge in [-0.15, -0.1) is 0 Å². The van der Waals surface area contributed by atoms with Gasteiger partial charge in [0, 0.05) is 50.6 Å². The van der Waals surface area contributed by atoms with E-state index in [4.69, 9.17) is 11.6 Å². The Balaban J connectivity index is 2.89. The lowest BCUT2D eigenvalue weighted by Gasteiger charge is -2.17. The number of carbonyl (C=O) groups is 1. The van der Waals surface area contributed by atoms with Gasteiger partial charge >= 0.3 is 0 Å². The number of carbonyl (C=O) groups excluding carboxylic acids is 1.